The number of anilines is 1. The molecule has 27 heavy (non-hydrogen) atoms. The van der Waals surface area contributed by atoms with Crippen LogP contribution in [0.2, 0.25) is 0 Å². The van der Waals surface area contributed by atoms with E-state index in [4.69, 9.17) is 4.74 Å². The van der Waals surface area contributed by atoms with E-state index in [2.05, 4.69) is 33.1 Å². The van der Waals surface area contributed by atoms with Crippen molar-refractivity contribution in [2.24, 2.45) is 0 Å². The van der Waals surface area contributed by atoms with Crippen LogP contribution in [0, 0.1) is 0 Å². The number of hydrogen-bond acceptors (Lipinski definition) is 3. The number of carbonyl (C=O) groups excluding carboxylic acids is 1. The summed E-state index contributed by atoms with van der Waals surface area (Å²) in [6.45, 7) is 0.716. The van der Waals surface area contributed by atoms with Crippen LogP contribution in [0.5, 0.6) is 5.75 Å². The van der Waals surface area contributed by atoms with Crippen LogP contribution in [-0.4, -0.2) is 22.1 Å². The molecule has 134 valence electrons. The number of benzene rings is 2. The van der Waals surface area contributed by atoms with Crippen LogP contribution in [0.25, 0.3) is 10.9 Å². The molecule has 5 heteroatoms. The summed E-state index contributed by atoms with van der Waals surface area (Å²) in [5, 5.41) is 3.70. The number of aromatic nitrogens is 2. The molecule has 2 aromatic carbocycles. The Hall–Kier alpha value is -3.60. The number of carbonyl (C=O) groups is 1. The van der Waals surface area contributed by atoms with Crippen LogP contribution in [0.3, 0.4) is 0 Å². The molecule has 4 rings (SSSR count). The van der Waals surface area contributed by atoms with Crippen LogP contribution >= 0.6 is 0 Å². The molecule has 0 aliphatic carbocycles. The van der Waals surface area contributed by atoms with Crippen LogP contribution < -0.4 is 10.1 Å². The van der Waals surface area contributed by atoms with Crippen LogP contribution in [0.15, 0.2) is 85.2 Å². The second kappa shape index (κ2) is 7.74. The molecule has 0 atom stereocenters. The molecule has 0 aliphatic rings. The van der Waals surface area contributed by atoms with Gasteiger partial charge in [0.05, 0.1) is 5.52 Å². The molecule has 0 fully saturated rings. The molecule has 2 heterocycles. The summed E-state index contributed by atoms with van der Waals surface area (Å²) in [6, 6.07) is 23.5. The first-order valence-corrected chi connectivity index (χ1v) is 8.75. The smallest absolute Gasteiger partial charge is 0.263 e. The van der Waals surface area contributed by atoms with E-state index in [1.807, 2.05) is 48.7 Å². The van der Waals surface area contributed by atoms with Gasteiger partial charge in [-0.1, -0.05) is 42.5 Å². The monoisotopic (exact) mass is 357 g/mol. The minimum absolute atomic E-state index is 0.0699. The zero-order valence-electron chi connectivity index (χ0n) is 14.7. The van der Waals surface area contributed by atoms with Gasteiger partial charge in [-0.25, -0.2) is 4.98 Å². The largest absolute Gasteiger partial charge is 0.483 e. The highest BCUT2D eigenvalue weighted by Crippen LogP contribution is 2.27. The summed E-state index contributed by atoms with van der Waals surface area (Å²) in [7, 11) is 0. The van der Waals surface area contributed by atoms with Gasteiger partial charge in [-0.2, -0.15) is 0 Å². The summed E-state index contributed by atoms with van der Waals surface area (Å²) in [6.07, 6.45) is 3.67. The fourth-order valence-corrected chi connectivity index (χ4v) is 3.00. The van der Waals surface area contributed by atoms with Gasteiger partial charge in [0.25, 0.3) is 5.91 Å². The van der Waals surface area contributed by atoms with E-state index in [1.54, 1.807) is 18.3 Å². The Morgan fingerprint density at radius 2 is 1.81 bits per heavy atom. The lowest BCUT2D eigenvalue weighted by Gasteiger charge is -2.09. The first-order valence-electron chi connectivity index (χ1n) is 8.75. The third-order valence-electron chi connectivity index (χ3n) is 4.26. The molecule has 5 nitrogen and oxygen atoms in total. The maximum atomic E-state index is 12.1. The second-order valence-electron chi connectivity index (χ2n) is 6.17. The summed E-state index contributed by atoms with van der Waals surface area (Å²) in [4.78, 5) is 16.2. The third-order valence-corrected chi connectivity index (χ3v) is 4.26. The van der Waals surface area contributed by atoms with E-state index < -0.39 is 0 Å². The Kier molecular flexibility index (Phi) is 4.83. The molecule has 0 radical (unpaired) electrons. The lowest BCUT2D eigenvalue weighted by Crippen LogP contribution is -2.20. The minimum atomic E-state index is -0.241. The first-order chi connectivity index (χ1) is 13.3. The third kappa shape index (κ3) is 3.98. The van der Waals surface area contributed by atoms with Gasteiger partial charge in [0, 0.05) is 24.3 Å². The van der Waals surface area contributed by atoms with Gasteiger partial charge in [0.1, 0.15) is 11.6 Å². The van der Waals surface area contributed by atoms with Crippen molar-refractivity contribution >= 4 is 22.6 Å². The van der Waals surface area contributed by atoms with E-state index in [9.17, 15) is 4.79 Å². The highest BCUT2D eigenvalue weighted by molar-refractivity contribution is 5.92. The van der Waals surface area contributed by atoms with Crippen molar-refractivity contribution in [3.8, 4) is 5.75 Å². The topological polar surface area (TPSA) is 56.1 Å². The molecule has 4 aromatic rings. The Labute approximate surface area is 157 Å². The van der Waals surface area contributed by atoms with E-state index in [-0.39, 0.29) is 12.5 Å². The lowest BCUT2D eigenvalue weighted by molar-refractivity contribution is -0.118. The molecule has 1 amide bonds. The van der Waals surface area contributed by atoms with Gasteiger partial charge in [-0.3, -0.25) is 4.79 Å². The van der Waals surface area contributed by atoms with Crippen LogP contribution in [0.1, 0.15) is 5.56 Å². The maximum absolute atomic E-state index is 12.1. The maximum Gasteiger partial charge on any atom is 0.263 e. The van der Waals surface area contributed by atoms with Crippen molar-refractivity contribution in [2.45, 2.75) is 6.54 Å². The van der Waals surface area contributed by atoms with E-state index in [1.165, 1.54) is 5.56 Å². The lowest BCUT2D eigenvalue weighted by atomic mass is 10.2. The number of hydrogen-bond donors (Lipinski definition) is 1. The van der Waals surface area contributed by atoms with Gasteiger partial charge in [0.2, 0.25) is 0 Å². The molecule has 1 N–H and O–H groups in total. The first kappa shape index (κ1) is 16.8. The second-order valence-corrected chi connectivity index (χ2v) is 6.17. The van der Waals surface area contributed by atoms with Crippen molar-refractivity contribution in [2.75, 3.05) is 11.9 Å². The van der Waals surface area contributed by atoms with E-state index in [0.717, 1.165) is 17.4 Å². The highest BCUT2D eigenvalue weighted by atomic mass is 16.5. The number of ether oxygens (including phenoxy) is 1. The standard InChI is InChI=1S/C22H19N3O2/c26-22(24-21-11-4-5-13-23-21)16-27-20-10-6-9-19-18(20)12-14-25(19)15-17-7-2-1-3-8-17/h1-14H,15-16H2,(H,23,24,26). The number of amides is 1. The quantitative estimate of drug-likeness (QED) is 0.565. The number of pyridine rings is 1. The molecule has 0 unspecified atom stereocenters. The summed E-state index contributed by atoms with van der Waals surface area (Å²) in [5.41, 5.74) is 2.30. The molecule has 0 saturated heterocycles. The van der Waals surface area contributed by atoms with Gasteiger partial charge in [0.15, 0.2) is 6.61 Å². The summed E-state index contributed by atoms with van der Waals surface area (Å²) in [5.74, 6) is 0.961. The Morgan fingerprint density at radius 1 is 0.963 bits per heavy atom. The predicted octanol–water partition coefficient (Wildman–Crippen LogP) is 4.10. The normalized spacial score (nSPS) is 10.7. The number of nitrogens with one attached hydrogen (secondary N) is 1. The molecule has 0 spiro atoms. The van der Waals surface area contributed by atoms with Crippen molar-refractivity contribution in [1.29, 1.82) is 0 Å². The SMILES string of the molecule is O=C(COc1cccc2c1ccn2Cc1ccccc1)Nc1ccccn1. The van der Waals surface area contributed by atoms with Crippen molar-refractivity contribution in [3.05, 3.63) is 90.8 Å². The highest BCUT2D eigenvalue weighted by Gasteiger charge is 2.09. The predicted molar refractivity (Wildman–Crippen MR) is 106 cm³/mol. The van der Waals surface area contributed by atoms with Gasteiger partial charge in [-0.05, 0) is 35.9 Å². The number of rotatable bonds is 6. The van der Waals surface area contributed by atoms with Crippen molar-refractivity contribution in [1.82, 2.24) is 9.55 Å². The van der Waals surface area contributed by atoms with E-state index >= 15 is 0 Å². The molecule has 0 aliphatic heterocycles. The summed E-state index contributed by atoms with van der Waals surface area (Å²) >= 11 is 0. The van der Waals surface area contributed by atoms with Gasteiger partial charge >= 0.3 is 0 Å². The Morgan fingerprint density at radius 3 is 2.63 bits per heavy atom. The minimum Gasteiger partial charge on any atom is -0.483 e. The average molecular weight is 357 g/mol. The van der Waals surface area contributed by atoms with Crippen molar-refractivity contribution in [3.63, 3.8) is 0 Å². The average Bonchev–Trinajstić information content (AvgIpc) is 3.11. The number of fused-ring (bicyclic) bond motifs is 1. The van der Waals surface area contributed by atoms with Crippen LogP contribution in [-0.2, 0) is 11.3 Å². The van der Waals surface area contributed by atoms with Gasteiger partial charge in [-0.15, -0.1) is 0 Å². The van der Waals surface area contributed by atoms with Crippen molar-refractivity contribution < 1.29 is 9.53 Å². The molecule has 0 saturated carbocycles. The molecule has 2 aromatic heterocycles. The molecular weight excluding hydrogens is 338 g/mol. The van der Waals surface area contributed by atoms with Crippen LogP contribution in [0.4, 0.5) is 5.82 Å². The Bertz CT molecular complexity index is 1040. The zero-order chi connectivity index (χ0) is 18.5. The summed E-state index contributed by atoms with van der Waals surface area (Å²) < 4.78 is 7.94. The van der Waals surface area contributed by atoms with Gasteiger partial charge < -0.3 is 14.6 Å². The van der Waals surface area contributed by atoms with E-state index in [0.29, 0.717) is 11.6 Å². The number of nitrogens with zero attached hydrogens (tertiary/aromatic N) is 2. The zero-order valence-corrected chi connectivity index (χ0v) is 14.7. The fourth-order valence-electron chi connectivity index (χ4n) is 3.00. The molecular formula is C22H19N3O2. The Balaban J connectivity index is 1.47. The molecule has 0 bridgehead atoms. The fraction of sp³-hybridized carbons (Fsp3) is 0.0909.